The van der Waals surface area contributed by atoms with Crippen molar-refractivity contribution < 1.29 is 14.3 Å². The number of nitrogens with zero attached hydrogens (tertiary/aromatic N) is 6. The van der Waals surface area contributed by atoms with E-state index in [-0.39, 0.29) is 11.9 Å². The molecule has 1 aliphatic rings. The second-order valence-corrected chi connectivity index (χ2v) is 8.10. The van der Waals surface area contributed by atoms with Gasteiger partial charge in [-0.1, -0.05) is 0 Å². The third-order valence-electron chi connectivity index (χ3n) is 5.35. The fraction of sp³-hybridized carbons (Fsp3) is 0.450. The molecule has 0 bridgehead atoms. The number of imidazole rings is 1. The van der Waals surface area contributed by atoms with Crippen molar-refractivity contribution in [1.29, 1.82) is 0 Å². The zero-order valence-electron chi connectivity index (χ0n) is 17.6. The van der Waals surface area contributed by atoms with Crippen LogP contribution in [0.25, 0.3) is 10.2 Å². The lowest BCUT2D eigenvalue weighted by Gasteiger charge is -2.35. The summed E-state index contributed by atoms with van der Waals surface area (Å²) >= 11 is 1.34. The Hall–Kier alpha value is -3.21. The largest absolute Gasteiger partial charge is 0.462 e. The number of thiophene rings is 1. The highest BCUT2D eigenvalue weighted by Gasteiger charge is 2.26. The van der Waals surface area contributed by atoms with Gasteiger partial charge in [0, 0.05) is 56.9 Å². The van der Waals surface area contributed by atoms with Crippen molar-refractivity contribution in [3.05, 3.63) is 29.2 Å². The van der Waals surface area contributed by atoms with E-state index < -0.39 is 5.97 Å². The van der Waals surface area contributed by atoms with E-state index in [1.807, 2.05) is 22.6 Å². The van der Waals surface area contributed by atoms with Crippen LogP contribution in [-0.2, 0) is 16.1 Å². The Morgan fingerprint density at radius 3 is 2.68 bits per heavy atom. The molecule has 1 aliphatic heterocycles. The number of esters is 1. The number of nitrogens with two attached hydrogens (primary N) is 1. The number of nitrogen functional groups attached to an aromatic ring is 1. The van der Waals surface area contributed by atoms with Crippen LogP contribution in [0.2, 0.25) is 0 Å². The first-order chi connectivity index (χ1) is 15.0. The van der Waals surface area contributed by atoms with Gasteiger partial charge in [0.1, 0.15) is 16.5 Å². The Labute approximate surface area is 183 Å². The zero-order chi connectivity index (χ0) is 22.0. The number of anilines is 2. The van der Waals surface area contributed by atoms with E-state index in [1.54, 1.807) is 18.5 Å². The van der Waals surface area contributed by atoms with E-state index in [4.69, 9.17) is 10.5 Å². The average molecular weight is 444 g/mol. The third kappa shape index (κ3) is 4.31. The highest BCUT2D eigenvalue weighted by Crippen LogP contribution is 2.33. The number of carbonyl (C=O) groups is 2. The van der Waals surface area contributed by atoms with Gasteiger partial charge in [-0.15, -0.1) is 11.3 Å². The monoisotopic (exact) mass is 443 g/mol. The summed E-state index contributed by atoms with van der Waals surface area (Å²) in [5.74, 6) is 1.40. The van der Waals surface area contributed by atoms with Crippen LogP contribution in [0.5, 0.6) is 0 Å². The molecule has 10 nitrogen and oxygen atoms in total. The molecule has 2 N–H and O–H groups in total. The Morgan fingerprint density at radius 2 is 2.00 bits per heavy atom. The van der Waals surface area contributed by atoms with Crippen molar-refractivity contribution in [2.45, 2.75) is 26.8 Å². The molecule has 31 heavy (non-hydrogen) atoms. The number of aromatic nitrogens is 4. The van der Waals surface area contributed by atoms with E-state index >= 15 is 0 Å². The molecule has 3 aromatic heterocycles. The van der Waals surface area contributed by atoms with Crippen LogP contribution in [-0.4, -0.2) is 69.1 Å². The second kappa shape index (κ2) is 8.88. The fourth-order valence-corrected chi connectivity index (χ4v) is 4.62. The first-order valence-corrected chi connectivity index (χ1v) is 11.1. The normalized spacial score (nSPS) is 14.3. The predicted octanol–water partition coefficient (Wildman–Crippen LogP) is 1.69. The standard InChI is InChI=1S/C20H25N7O3S/c1-3-30-19(29)14-12-31-18-16(14)17(23-20(21)24-18)27-10-8-26(9-11-27)15(28)4-6-25-7-5-22-13(25)2/h5,7,12H,3-4,6,8-11H2,1-2H3,(H2,21,23,24). The summed E-state index contributed by atoms with van der Waals surface area (Å²) in [6.07, 6.45) is 4.05. The quantitative estimate of drug-likeness (QED) is 0.572. The predicted molar refractivity (Wildman–Crippen MR) is 118 cm³/mol. The highest BCUT2D eigenvalue weighted by atomic mass is 32.1. The molecular weight excluding hydrogens is 418 g/mol. The van der Waals surface area contributed by atoms with Gasteiger partial charge >= 0.3 is 5.97 Å². The molecule has 0 atom stereocenters. The van der Waals surface area contributed by atoms with Gasteiger partial charge in [0.15, 0.2) is 0 Å². The van der Waals surface area contributed by atoms with E-state index in [1.165, 1.54) is 11.3 Å². The Kier molecular flexibility index (Phi) is 6.03. The Balaban J connectivity index is 1.47. The number of rotatable bonds is 6. The maximum Gasteiger partial charge on any atom is 0.339 e. The molecule has 1 saturated heterocycles. The second-order valence-electron chi connectivity index (χ2n) is 7.24. The van der Waals surface area contributed by atoms with Gasteiger partial charge in [-0.05, 0) is 13.8 Å². The van der Waals surface area contributed by atoms with Crippen LogP contribution in [0, 0.1) is 6.92 Å². The molecule has 0 radical (unpaired) electrons. The maximum atomic E-state index is 12.7. The highest BCUT2D eigenvalue weighted by molar-refractivity contribution is 7.17. The number of ether oxygens (including phenoxy) is 1. The van der Waals surface area contributed by atoms with Crippen LogP contribution >= 0.6 is 11.3 Å². The number of piperazine rings is 1. The number of hydrogen-bond donors (Lipinski definition) is 1. The molecule has 0 saturated carbocycles. The van der Waals surface area contributed by atoms with Crippen molar-refractivity contribution in [3.63, 3.8) is 0 Å². The minimum atomic E-state index is -0.396. The first-order valence-electron chi connectivity index (χ1n) is 10.2. The molecule has 0 unspecified atom stereocenters. The lowest BCUT2D eigenvalue weighted by molar-refractivity contribution is -0.131. The van der Waals surface area contributed by atoms with E-state index in [0.29, 0.717) is 67.3 Å². The first kappa shape index (κ1) is 21.0. The molecule has 164 valence electrons. The van der Waals surface area contributed by atoms with Crippen molar-refractivity contribution in [2.24, 2.45) is 0 Å². The van der Waals surface area contributed by atoms with Crippen molar-refractivity contribution in [2.75, 3.05) is 43.4 Å². The van der Waals surface area contributed by atoms with Gasteiger partial charge in [-0.25, -0.2) is 14.8 Å². The molecule has 0 spiro atoms. The van der Waals surface area contributed by atoms with Crippen LogP contribution in [0.3, 0.4) is 0 Å². The SMILES string of the molecule is CCOC(=O)c1csc2nc(N)nc(N3CCN(C(=O)CCn4ccnc4C)CC3)c12. The molecule has 1 fully saturated rings. The summed E-state index contributed by atoms with van der Waals surface area (Å²) < 4.78 is 7.16. The lowest BCUT2D eigenvalue weighted by Crippen LogP contribution is -2.49. The van der Waals surface area contributed by atoms with E-state index in [9.17, 15) is 9.59 Å². The maximum absolute atomic E-state index is 12.7. The average Bonchev–Trinajstić information content (AvgIpc) is 3.37. The summed E-state index contributed by atoms with van der Waals surface area (Å²) in [5, 5.41) is 2.39. The molecule has 0 aliphatic carbocycles. The molecule has 11 heteroatoms. The Bertz CT molecular complexity index is 1100. The molecular formula is C20H25N7O3S. The molecule has 4 heterocycles. The summed E-state index contributed by atoms with van der Waals surface area (Å²) in [4.78, 5) is 42.5. The smallest absolute Gasteiger partial charge is 0.339 e. The molecule has 1 amide bonds. The van der Waals surface area contributed by atoms with E-state index in [0.717, 1.165) is 5.82 Å². The molecule has 3 aromatic rings. The lowest BCUT2D eigenvalue weighted by atomic mass is 10.2. The van der Waals surface area contributed by atoms with Gasteiger partial charge < -0.3 is 24.8 Å². The van der Waals surface area contributed by atoms with Crippen molar-refractivity contribution >= 4 is 45.2 Å². The van der Waals surface area contributed by atoms with Gasteiger partial charge in [-0.3, -0.25) is 4.79 Å². The van der Waals surface area contributed by atoms with Gasteiger partial charge in [0.25, 0.3) is 0 Å². The van der Waals surface area contributed by atoms with Crippen LogP contribution < -0.4 is 10.6 Å². The topological polar surface area (TPSA) is 119 Å². The van der Waals surface area contributed by atoms with Crippen molar-refractivity contribution in [1.82, 2.24) is 24.4 Å². The number of hydrogen-bond acceptors (Lipinski definition) is 9. The van der Waals surface area contributed by atoms with Gasteiger partial charge in [0.2, 0.25) is 11.9 Å². The fourth-order valence-electron chi connectivity index (χ4n) is 3.71. The zero-order valence-corrected chi connectivity index (χ0v) is 18.4. The van der Waals surface area contributed by atoms with E-state index in [2.05, 4.69) is 19.9 Å². The minimum Gasteiger partial charge on any atom is -0.462 e. The van der Waals surface area contributed by atoms with Crippen molar-refractivity contribution in [3.8, 4) is 0 Å². The van der Waals surface area contributed by atoms with Crippen LogP contribution in [0.4, 0.5) is 11.8 Å². The summed E-state index contributed by atoms with van der Waals surface area (Å²) in [7, 11) is 0. The Morgan fingerprint density at radius 1 is 1.23 bits per heavy atom. The number of amides is 1. The minimum absolute atomic E-state index is 0.114. The molecule has 4 rings (SSSR count). The number of fused-ring (bicyclic) bond motifs is 1. The number of aryl methyl sites for hydroxylation is 2. The van der Waals surface area contributed by atoms with Crippen LogP contribution in [0.1, 0.15) is 29.5 Å². The van der Waals surface area contributed by atoms with Gasteiger partial charge in [0.05, 0.1) is 17.6 Å². The molecule has 0 aromatic carbocycles. The van der Waals surface area contributed by atoms with Gasteiger partial charge in [-0.2, -0.15) is 4.98 Å². The number of carbonyl (C=O) groups excluding carboxylic acids is 2. The third-order valence-corrected chi connectivity index (χ3v) is 6.22. The summed E-state index contributed by atoms with van der Waals surface area (Å²) in [6, 6.07) is 0. The summed E-state index contributed by atoms with van der Waals surface area (Å²) in [6.45, 7) is 6.95. The summed E-state index contributed by atoms with van der Waals surface area (Å²) in [5.41, 5.74) is 6.37. The van der Waals surface area contributed by atoms with Crippen LogP contribution in [0.15, 0.2) is 17.8 Å².